The molecule has 0 atom stereocenters. The van der Waals surface area contributed by atoms with Gasteiger partial charge in [0.2, 0.25) is 0 Å². The first kappa shape index (κ1) is 16.4. The van der Waals surface area contributed by atoms with E-state index in [0.29, 0.717) is 0 Å². The van der Waals surface area contributed by atoms with Crippen molar-refractivity contribution in [3.05, 3.63) is 28.8 Å². The molecule has 23 heavy (non-hydrogen) atoms. The van der Waals surface area contributed by atoms with E-state index in [2.05, 4.69) is 51.1 Å². The molecule has 1 aromatic rings. The van der Waals surface area contributed by atoms with Crippen LogP contribution in [-0.2, 0) is 12.1 Å². The first-order valence-corrected chi connectivity index (χ1v) is 8.86. The van der Waals surface area contributed by atoms with Gasteiger partial charge in [0.1, 0.15) is 5.75 Å². The van der Waals surface area contributed by atoms with Crippen LogP contribution in [0.5, 0.6) is 5.75 Å². The van der Waals surface area contributed by atoms with Crippen LogP contribution in [-0.4, -0.2) is 23.9 Å². The van der Waals surface area contributed by atoms with Gasteiger partial charge in [-0.3, -0.25) is 4.99 Å². The lowest BCUT2D eigenvalue weighted by atomic mass is 9.76. The molecule has 1 aliphatic heterocycles. The standard InChI is InChI=1S/C20H30N2O/c1-15-11-16(23-5)12-18-17(15)13-22(14-21-19(2,3)4)20(18)9-7-6-8-10-20/h11-12,14H,6-10,13H2,1-5H3/b21-14+. The van der Waals surface area contributed by atoms with Crippen molar-refractivity contribution in [1.29, 1.82) is 0 Å². The molecule has 1 spiro atoms. The van der Waals surface area contributed by atoms with Crippen LogP contribution in [0, 0.1) is 6.92 Å². The SMILES string of the molecule is COc1cc(C)c2c(c1)C1(CCCCC1)N(/C=N/C(C)(C)C)C2. The topological polar surface area (TPSA) is 24.8 Å². The van der Waals surface area contributed by atoms with Gasteiger partial charge in [-0.05, 0) is 69.4 Å². The molecule has 0 unspecified atom stereocenters. The van der Waals surface area contributed by atoms with Crippen molar-refractivity contribution >= 4 is 6.34 Å². The maximum absolute atomic E-state index is 5.55. The number of aliphatic imine (C=N–C) groups is 1. The second kappa shape index (κ2) is 5.85. The number of rotatable bonds is 2. The fraction of sp³-hybridized carbons (Fsp3) is 0.650. The minimum atomic E-state index is -0.0304. The first-order chi connectivity index (χ1) is 10.9. The van der Waals surface area contributed by atoms with Gasteiger partial charge in [0, 0.05) is 6.54 Å². The number of nitrogens with zero attached hydrogens (tertiary/aromatic N) is 2. The van der Waals surface area contributed by atoms with Crippen LogP contribution in [0.2, 0.25) is 0 Å². The van der Waals surface area contributed by atoms with E-state index in [4.69, 9.17) is 9.73 Å². The Morgan fingerprint density at radius 1 is 1.17 bits per heavy atom. The summed E-state index contributed by atoms with van der Waals surface area (Å²) in [5, 5.41) is 0. The van der Waals surface area contributed by atoms with Gasteiger partial charge in [-0.2, -0.15) is 0 Å². The van der Waals surface area contributed by atoms with E-state index in [1.807, 2.05) is 0 Å². The van der Waals surface area contributed by atoms with Gasteiger partial charge in [0.15, 0.2) is 0 Å². The van der Waals surface area contributed by atoms with Crippen LogP contribution in [0.4, 0.5) is 0 Å². The fourth-order valence-corrected chi connectivity index (χ4v) is 4.09. The van der Waals surface area contributed by atoms with Crippen molar-refractivity contribution in [2.75, 3.05) is 7.11 Å². The van der Waals surface area contributed by atoms with Crippen LogP contribution < -0.4 is 4.74 Å². The smallest absolute Gasteiger partial charge is 0.119 e. The van der Waals surface area contributed by atoms with Crippen LogP contribution >= 0.6 is 0 Å². The molecule has 1 heterocycles. The predicted octanol–water partition coefficient (Wildman–Crippen LogP) is 4.81. The average molecular weight is 314 g/mol. The minimum absolute atomic E-state index is 0.0304. The Balaban J connectivity index is 2.06. The van der Waals surface area contributed by atoms with E-state index in [1.165, 1.54) is 48.8 Å². The molecular weight excluding hydrogens is 284 g/mol. The summed E-state index contributed by atoms with van der Waals surface area (Å²) >= 11 is 0. The molecule has 0 radical (unpaired) electrons. The van der Waals surface area contributed by atoms with Crippen LogP contribution in [0.15, 0.2) is 17.1 Å². The number of methoxy groups -OCH3 is 1. The molecule has 0 N–H and O–H groups in total. The Labute approximate surface area is 140 Å². The molecule has 1 fully saturated rings. The molecule has 0 aromatic heterocycles. The highest BCUT2D eigenvalue weighted by Crippen LogP contribution is 2.50. The Bertz CT molecular complexity index is 607. The van der Waals surface area contributed by atoms with Gasteiger partial charge in [0.05, 0.1) is 24.5 Å². The van der Waals surface area contributed by atoms with Gasteiger partial charge in [-0.15, -0.1) is 0 Å². The Morgan fingerprint density at radius 2 is 1.87 bits per heavy atom. The largest absolute Gasteiger partial charge is 0.497 e. The van der Waals surface area contributed by atoms with E-state index in [0.717, 1.165) is 12.3 Å². The molecular formula is C20H30N2O. The molecule has 1 saturated carbocycles. The lowest BCUT2D eigenvalue weighted by Crippen LogP contribution is -2.42. The molecule has 2 aliphatic rings. The van der Waals surface area contributed by atoms with Crippen molar-refractivity contribution in [2.24, 2.45) is 4.99 Å². The van der Waals surface area contributed by atoms with E-state index < -0.39 is 0 Å². The van der Waals surface area contributed by atoms with E-state index in [1.54, 1.807) is 7.11 Å². The van der Waals surface area contributed by atoms with Gasteiger partial charge < -0.3 is 9.64 Å². The quantitative estimate of drug-likeness (QED) is 0.578. The second-order valence-electron chi connectivity index (χ2n) is 8.11. The lowest BCUT2D eigenvalue weighted by Gasteiger charge is -2.41. The molecule has 1 aliphatic carbocycles. The molecule has 126 valence electrons. The molecule has 3 heteroatoms. The van der Waals surface area contributed by atoms with E-state index >= 15 is 0 Å². The molecule has 3 nitrogen and oxygen atoms in total. The van der Waals surface area contributed by atoms with Gasteiger partial charge in [0.25, 0.3) is 0 Å². The zero-order chi connectivity index (χ0) is 16.7. The van der Waals surface area contributed by atoms with Crippen LogP contribution in [0.3, 0.4) is 0 Å². The van der Waals surface area contributed by atoms with Gasteiger partial charge in [-0.1, -0.05) is 19.3 Å². The third-order valence-electron chi connectivity index (χ3n) is 5.33. The number of ether oxygens (including phenoxy) is 1. The summed E-state index contributed by atoms with van der Waals surface area (Å²) in [5.74, 6) is 0.987. The highest BCUT2D eigenvalue weighted by molar-refractivity contribution is 5.63. The molecule has 1 aromatic carbocycles. The highest BCUT2D eigenvalue weighted by Gasteiger charge is 2.45. The number of hydrogen-bond donors (Lipinski definition) is 0. The molecule has 0 amide bonds. The summed E-state index contributed by atoms with van der Waals surface area (Å²) < 4.78 is 5.55. The zero-order valence-electron chi connectivity index (χ0n) is 15.3. The average Bonchev–Trinajstić information content (AvgIpc) is 2.80. The van der Waals surface area contributed by atoms with Crippen molar-refractivity contribution in [3.63, 3.8) is 0 Å². The Hall–Kier alpha value is -1.51. The Kier molecular flexibility index (Phi) is 4.16. The van der Waals surface area contributed by atoms with E-state index in [-0.39, 0.29) is 11.1 Å². The third kappa shape index (κ3) is 2.98. The zero-order valence-corrected chi connectivity index (χ0v) is 15.3. The lowest BCUT2D eigenvalue weighted by molar-refractivity contribution is 0.137. The van der Waals surface area contributed by atoms with Crippen molar-refractivity contribution in [2.45, 2.75) is 77.4 Å². The van der Waals surface area contributed by atoms with Crippen LogP contribution in [0.1, 0.15) is 69.6 Å². The fourth-order valence-electron chi connectivity index (χ4n) is 4.09. The maximum Gasteiger partial charge on any atom is 0.119 e. The number of aryl methyl sites for hydroxylation is 1. The third-order valence-corrected chi connectivity index (χ3v) is 5.33. The monoisotopic (exact) mass is 314 g/mol. The van der Waals surface area contributed by atoms with E-state index in [9.17, 15) is 0 Å². The first-order valence-electron chi connectivity index (χ1n) is 8.86. The maximum atomic E-state index is 5.55. The van der Waals surface area contributed by atoms with Crippen molar-refractivity contribution in [1.82, 2.24) is 4.90 Å². The number of benzene rings is 1. The molecule has 3 rings (SSSR count). The normalized spacial score (nSPS) is 20.3. The summed E-state index contributed by atoms with van der Waals surface area (Å²) in [4.78, 5) is 7.32. The summed E-state index contributed by atoms with van der Waals surface area (Å²) in [7, 11) is 1.77. The summed E-state index contributed by atoms with van der Waals surface area (Å²) in [6.45, 7) is 9.67. The Morgan fingerprint density at radius 3 is 2.48 bits per heavy atom. The number of fused-ring (bicyclic) bond motifs is 2. The van der Waals surface area contributed by atoms with Crippen molar-refractivity contribution < 1.29 is 4.74 Å². The van der Waals surface area contributed by atoms with Gasteiger partial charge in [-0.25, -0.2) is 0 Å². The van der Waals surface area contributed by atoms with Gasteiger partial charge >= 0.3 is 0 Å². The number of hydrogen-bond acceptors (Lipinski definition) is 2. The summed E-state index contributed by atoms with van der Waals surface area (Å²) in [5.41, 5.74) is 4.40. The highest BCUT2D eigenvalue weighted by atomic mass is 16.5. The summed E-state index contributed by atoms with van der Waals surface area (Å²) in [6.07, 6.45) is 8.53. The second-order valence-corrected chi connectivity index (χ2v) is 8.11. The summed E-state index contributed by atoms with van der Waals surface area (Å²) in [6, 6.07) is 4.44. The predicted molar refractivity (Wildman–Crippen MR) is 96.3 cm³/mol. The van der Waals surface area contributed by atoms with Crippen molar-refractivity contribution in [3.8, 4) is 5.75 Å². The molecule has 0 bridgehead atoms. The minimum Gasteiger partial charge on any atom is -0.497 e. The molecule has 0 saturated heterocycles. The van der Waals surface area contributed by atoms with Crippen LogP contribution in [0.25, 0.3) is 0 Å².